The lowest BCUT2D eigenvalue weighted by molar-refractivity contribution is -0.118. The van der Waals surface area contributed by atoms with Crippen molar-refractivity contribution in [3.05, 3.63) is 53.5 Å². The Bertz CT molecular complexity index is 920. The maximum Gasteiger partial charge on any atom is 0.387 e. The summed E-state index contributed by atoms with van der Waals surface area (Å²) in [5, 5.41) is 8.77. The maximum absolute atomic E-state index is 12.7. The van der Waals surface area contributed by atoms with E-state index in [-0.39, 0.29) is 11.7 Å². The molecule has 8 heteroatoms. The lowest BCUT2D eigenvalue weighted by atomic mass is 10.0. The van der Waals surface area contributed by atoms with Gasteiger partial charge in [-0.15, -0.1) is 11.3 Å². The Balaban J connectivity index is 1.51. The molecule has 0 spiro atoms. The molecule has 1 amide bonds. The van der Waals surface area contributed by atoms with Crippen molar-refractivity contribution in [2.75, 3.05) is 5.32 Å². The van der Waals surface area contributed by atoms with Crippen LogP contribution in [0.3, 0.4) is 0 Å². The molecule has 1 aliphatic carbocycles. The van der Waals surface area contributed by atoms with Crippen molar-refractivity contribution >= 4 is 22.9 Å². The maximum atomic E-state index is 12.7. The number of nitrogens with zero attached hydrogens (tertiary/aromatic N) is 1. The summed E-state index contributed by atoms with van der Waals surface area (Å²) in [7, 11) is 0. The van der Waals surface area contributed by atoms with Crippen LogP contribution in [0.2, 0.25) is 0 Å². The quantitative estimate of drug-likeness (QED) is 0.679. The number of nitrogens with one attached hydrogen (secondary N) is 1. The van der Waals surface area contributed by atoms with Crippen LogP contribution in [0, 0.1) is 0 Å². The highest BCUT2D eigenvalue weighted by Gasteiger charge is 2.53. The van der Waals surface area contributed by atoms with Crippen LogP contribution in [0.4, 0.5) is 14.5 Å². The Labute approximate surface area is 151 Å². The number of amides is 1. The Kier molecular flexibility index (Phi) is 4.20. The predicted octanol–water partition coefficient (Wildman–Crippen LogP) is 4.67. The topological polar surface area (TPSA) is 64.4 Å². The van der Waals surface area contributed by atoms with Crippen molar-refractivity contribution in [1.82, 2.24) is 5.16 Å². The van der Waals surface area contributed by atoms with Crippen LogP contribution in [-0.4, -0.2) is 17.7 Å². The van der Waals surface area contributed by atoms with Gasteiger partial charge in [-0.2, -0.15) is 8.78 Å². The van der Waals surface area contributed by atoms with Crippen LogP contribution in [0.1, 0.15) is 18.5 Å². The van der Waals surface area contributed by atoms with Crippen molar-refractivity contribution in [2.45, 2.75) is 24.9 Å². The molecule has 0 radical (unpaired) electrons. The van der Waals surface area contributed by atoms with Crippen molar-refractivity contribution < 1.29 is 22.8 Å². The third-order valence-electron chi connectivity index (χ3n) is 4.27. The van der Waals surface area contributed by atoms with Crippen LogP contribution < -0.4 is 10.1 Å². The fraction of sp³-hybridized carbons (Fsp3) is 0.222. The SMILES string of the molecule is O=C(Nc1cccc(OC(F)F)c1)C1(c2cc(-c3cccs3)on2)CC1. The first-order valence-electron chi connectivity index (χ1n) is 7.94. The highest BCUT2D eigenvalue weighted by atomic mass is 32.1. The number of carbonyl (C=O) groups excluding carboxylic acids is 1. The molecule has 0 aliphatic heterocycles. The van der Waals surface area contributed by atoms with Gasteiger partial charge >= 0.3 is 6.61 Å². The largest absolute Gasteiger partial charge is 0.435 e. The first-order chi connectivity index (χ1) is 12.6. The summed E-state index contributed by atoms with van der Waals surface area (Å²) < 4.78 is 34.4. The van der Waals surface area contributed by atoms with E-state index in [1.807, 2.05) is 17.5 Å². The minimum absolute atomic E-state index is 0.0101. The first-order valence-corrected chi connectivity index (χ1v) is 8.82. The van der Waals surface area contributed by atoms with E-state index in [1.165, 1.54) is 29.5 Å². The number of halogens is 2. The van der Waals surface area contributed by atoms with Crippen molar-refractivity contribution in [3.63, 3.8) is 0 Å². The molecule has 1 saturated carbocycles. The average Bonchev–Trinajstić information content (AvgIpc) is 3.03. The lowest BCUT2D eigenvalue weighted by Crippen LogP contribution is -2.28. The minimum atomic E-state index is -2.92. The highest BCUT2D eigenvalue weighted by Crippen LogP contribution is 2.49. The second-order valence-corrected chi connectivity index (χ2v) is 6.94. The van der Waals surface area contributed by atoms with Gasteiger partial charge in [0.15, 0.2) is 5.76 Å². The Morgan fingerprint density at radius 3 is 2.81 bits per heavy atom. The van der Waals surface area contributed by atoms with E-state index in [4.69, 9.17) is 4.52 Å². The van der Waals surface area contributed by atoms with Gasteiger partial charge in [0.25, 0.3) is 0 Å². The van der Waals surface area contributed by atoms with E-state index in [0.29, 0.717) is 30.0 Å². The highest BCUT2D eigenvalue weighted by molar-refractivity contribution is 7.13. The molecule has 4 rings (SSSR count). The van der Waals surface area contributed by atoms with Crippen LogP contribution in [-0.2, 0) is 10.2 Å². The third kappa shape index (κ3) is 3.20. The molecule has 2 aromatic heterocycles. The summed E-state index contributed by atoms with van der Waals surface area (Å²) in [4.78, 5) is 13.7. The van der Waals surface area contributed by atoms with Crippen molar-refractivity contribution in [2.24, 2.45) is 0 Å². The van der Waals surface area contributed by atoms with E-state index in [1.54, 1.807) is 12.1 Å². The van der Waals surface area contributed by atoms with Gasteiger partial charge in [0.1, 0.15) is 5.75 Å². The smallest absolute Gasteiger partial charge is 0.387 e. The van der Waals surface area contributed by atoms with Gasteiger partial charge in [-0.25, -0.2) is 0 Å². The second-order valence-electron chi connectivity index (χ2n) is 6.00. The number of alkyl halides is 2. The van der Waals surface area contributed by atoms with Crippen LogP contribution in [0.25, 0.3) is 10.6 Å². The Morgan fingerprint density at radius 1 is 1.27 bits per heavy atom. The molecule has 0 saturated heterocycles. The van der Waals surface area contributed by atoms with Crippen molar-refractivity contribution in [3.8, 4) is 16.4 Å². The molecular weight excluding hydrogens is 362 g/mol. The molecule has 0 atom stereocenters. The number of ether oxygens (including phenoxy) is 1. The molecule has 1 aliphatic rings. The summed E-state index contributed by atoms with van der Waals surface area (Å²) in [6.45, 7) is -2.92. The van der Waals surface area contributed by atoms with Crippen LogP contribution in [0.5, 0.6) is 5.75 Å². The Hall–Kier alpha value is -2.74. The molecule has 26 heavy (non-hydrogen) atoms. The minimum Gasteiger partial charge on any atom is -0.435 e. The third-order valence-corrected chi connectivity index (χ3v) is 5.15. The van der Waals surface area contributed by atoms with Gasteiger partial charge in [-0.3, -0.25) is 4.79 Å². The number of hydrogen-bond acceptors (Lipinski definition) is 5. The summed E-state index contributed by atoms with van der Waals surface area (Å²) in [5.74, 6) is 0.378. The fourth-order valence-corrected chi connectivity index (χ4v) is 3.43. The number of hydrogen-bond donors (Lipinski definition) is 1. The molecular formula is C18H14F2N2O3S. The number of anilines is 1. The number of aromatic nitrogens is 1. The first kappa shape index (κ1) is 16.7. The zero-order chi connectivity index (χ0) is 18.1. The molecule has 0 bridgehead atoms. The number of carbonyl (C=O) groups is 1. The molecule has 0 unspecified atom stereocenters. The summed E-state index contributed by atoms with van der Waals surface area (Å²) in [6.07, 6.45) is 1.31. The van der Waals surface area contributed by atoms with Gasteiger partial charge in [-0.1, -0.05) is 17.3 Å². The molecule has 2 heterocycles. The van der Waals surface area contributed by atoms with Gasteiger partial charge in [-0.05, 0) is 36.4 Å². The fourth-order valence-electron chi connectivity index (χ4n) is 2.76. The number of thiophene rings is 1. The molecule has 3 aromatic rings. The van der Waals surface area contributed by atoms with Gasteiger partial charge in [0, 0.05) is 17.8 Å². The molecule has 1 fully saturated rings. The molecule has 1 N–H and O–H groups in total. The van der Waals surface area contributed by atoms with Crippen molar-refractivity contribution in [1.29, 1.82) is 0 Å². The second kappa shape index (κ2) is 6.53. The zero-order valence-electron chi connectivity index (χ0n) is 13.4. The normalized spacial score (nSPS) is 15.0. The standard InChI is InChI=1S/C18H14F2N2O3S/c19-17(20)24-12-4-1-3-11(9-12)21-16(23)18(6-7-18)15-10-13(25-22-15)14-5-2-8-26-14/h1-5,8-10,17H,6-7H2,(H,21,23). The predicted molar refractivity (Wildman–Crippen MR) is 92.4 cm³/mol. The summed E-state index contributed by atoms with van der Waals surface area (Å²) in [6, 6.07) is 11.5. The van der Waals surface area contributed by atoms with Crippen LogP contribution >= 0.6 is 11.3 Å². The molecule has 1 aromatic carbocycles. The lowest BCUT2D eigenvalue weighted by Gasteiger charge is -2.13. The number of benzene rings is 1. The van der Waals surface area contributed by atoms with Crippen LogP contribution in [0.15, 0.2) is 52.4 Å². The van der Waals surface area contributed by atoms with Gasteiger partial charge < -0.3 is 14.6 Å². The van der Waals surface area contributed by atoms with Gasteiger partial charge in [0.05, 0.1) is 16.0 Å². The van der Waals surface area contributed by atoms with Gasteiger partial charge in [0.2, 0.25) is 5.91 Å². The molecule has 134 valence electrons. The Morgan fingerprint density at radius 2 is 2.12 bits per heavy atom. The van der Waals surface area contributed by atoms with E-state index >= 15 is 0 Å². The summed E-state index contributed by atoms with van der Waals surface area (Å²) >= 11 is 1.53. The van der Waals surface area contributed by atoms with E-state index in [9.17, 15) is 13.6 Å². The summed E-state index contributed by atoms with van der Waals surface area (Å²) in [5.41, 5.74) is 0.235. The van der Waals surface area contributed by atoms with E-state index < -0.39 is 12.0 Å². The monoisotopic (exact) mass is 376 g/mol. The van der Waals surface area contributed by atoms with E-state index in [0.717, 1.165) is 4.88 Å². The molecule has 5 nitrogen and oxygen atoms in total. The van der Waals surface area contributed by atoms with E-state index in [2.05, 4.69) is 15.2 Å². The zero-order valence-corrected chi connectivity index (χ0v) is 14.3. The average molecular weight is 376 g/mol. The number of rotatable bonds is 6.